The molecule has 0 spiro atoms. The molecule has 0 radical (unpaired) electrons. The molecular weight excluding hydrogens is 386 g/mol. The number of carbonyl (C=O) groups is 1. The van der Waals surface area contributed by atoms with Crippen LogP contribution in [0.25, 0.3) is 0 Å². The third kappa shape index (κ3) is 8.04. The highest BCUT2D eigenvalue weighted by Gasteiger charge is 2.28. The fourth-order valence-corrected chi connectivity index (χ4v) is 3.62. The Morgan fingerprint density at radius 3 is 1.97 bits per heavy atom. The molecule has 166 valence electrons. The van der Waals surface area contributed by atoms with Crippen molar-refractivity contribution in [1.29, 1.82) is 0 Å². The van der Waals surface area contributed by atoms with Gasteiger partial charge in [0.05, 0.1) is 0 Å². The van der Waals surface area contributed by atoms with E-state index < -0.39 is 5.60 Å². The fraction of sp³-hybridized carbons (Fsp3) is 0.739. The Hall–Kier alpha value is -1.49. The third-order valence-electron chi connectivity index (χ3n) is 4.94. The molecule has 29 heavy (non-hydrogen) atoms. The van der Waals surface area contributed by atoms with Crippen LogP contribution in [-0.2, 0) is 4.74 Å². The van der Waals surface area contributed by atoms with Crippen LogP contribution in [0.15, 0.2) is 27.5 Å². The number of aliphatic imine (C=N–C) groups is 1. The fourth-order valence-electron chi connectivity index (χ4n) is 3.52. The lowest BCUT2D eigenvalue weighted by atomic mass is 9.96. The molecule has 0 atom stereocenters. The molecule has 0 aromatic carbocycles. The minimum atomic E-state index is -0.470. The minimum Gasteiger partial charge on any atom is -0.444 e. The second kappa shape index (κ2) is 11.6. The Balaban J connectivity index is 3.17. The average molecular weight is 426 g/mol. The van der Waals surface area contributed by atoms with Crippen molar-refractivity contribution in [3.63, 3.8) is 0 Å². The van der Waals surface area contributed by atoms with Gasteiger partial charge in [-0.05, 0) is 65.0 Å². The summed E-state index contributed by atoms with van der Waals surface area (Å²) in [5, 5.41) is 0.568. The number of rotatable bonds is 7. The number of nitrogens with zero attached hydrogens (tertiary/aromatic N) is 3. The maximum atomic E-state index is 12.4. The van der Waals surface area contributed by atoms with Crippen molar-refractivity contribution < 1.29 is 9.53 Å². The molecule has 0 aliphatic carbocycles. The third-order valence-corrected chi connectivity index (χ3v) is 5.02. The van der Waals surface area contributed by atoms with Crippen LogP contribution in [0.5, 0.6) is 0 Å². The summed E-state index contributed by atoms with van der Waals surface area (Å²) in [4.78, 5) is 21.3. The molecule has 0 aromatic rings. The van der Waals surface area contributed by atoms with Gasteiger partial charge in [0.1, 0.15) is 10.8 Å². The molecule has 0 aromatic heterocycles. The molecule has 1 saturated heterocycles. The number of halogens is 1. The first kappa shape index (κ1) is 25.5. The molecule has 1 heterocycles. The van der Waals surface area contributed by atoms with Gasteiger partial charge in [-0.1, -0.05) is 38.8 Å². The lowest BCUT2D eigenvalue weighted by Gasteiger charge is -2.39. The van der Waals surface area contributed by atoms with E-state index in [1.807, 2.05) is 32.6 Å². The maximum Gasteiger partial charge on any atom is 0.410 e. The quantitative estimate of drug-likeness (QED) is 0.353. The van der Waals surface area contributed by atoms with Crippen LogP contribution in [0, 0.1) is 0 Å². The minimum absolute atomic E-state index is 0.226. The van der Waals surface area contributed by atoms with E-state index in [9.17, 15) is 4.79 Å². The van der Waals surface area contributed by atoms with Crippen molar-refractivity contribution in [1.82, 2.24) is 9.80 Å². The second-order valence-corrected chi connectivity index (χ2v) is 9.12. The van der Waals surface area contributed by atoms with Gasteiger partial charge in [0.25, 0.3) is 0 Å². The summed E-state index contributed by atoms with van der Waals surface area (Å²) in [6.07, 6.45) is 3.62. The molecule has 0 bridgehead atoms. The van der Waals surface area contributed by atoms with Gasteiger partial charge in [-0.25, -0.2) is 9.79 Å². The number of carbonyl (C=O) groups excluding carboxylic acids is 1. The van der Waals surface area contributed by atoms with Crippen LogP contribution in [-0.4, -0.2) is 52.8 Å². The molecule has 0 unspecified atom stereocenters. The van der Waals surface area contributed by atoms with Gasteiger partial charge in [0, 0.05) is 37.6 Å². The Labute approximate surface area is 182 Å². The highest BCUT2D eigenvalue weighted by molar-refractivity contribution is 6.64. The molecule has 1 aliphatic heterocycles. The first-order valence-corrected chi connectivity index (χ1v) is 11.3. The summed E-state index contributed by atoms with van der Waals surface area (Å²) in [5.74, 6) is 0. The lowest BCUT2D eigenvalue weighted by molar-refractivity contribution is 0.0169. The van der Waals surface area contributed by atoms with Gasteiger partial charge in [-0.3, -0.25) is 0 Å². The van der Waals surface area contributed by atoms with Crippen LogP contribution >= 0.6 is 11.6 Å². The van der Waals surface area contributed by atoms with Gasteiger partial charge >= 0.3 is 6.09 Å². The highest BCUT2D eigenvalue weighted by Crippen LogP contribution is 2.31. The lowest BCUT2D eigenvalue weighted by Crippen LogP contribution is -2.50. The highest BCUT2D eigenvalue weighted by atomic mass is 35.5. The summed E-state index contributed by atoms with van der Waals surface area (Å²) in [6.45, 7) is 19.2. The monoisotopic (exact) mass is 425 g/mol. The summed E-state index contributed by atoms with van der Waals surface area (Å²) in [7, 11) is 0. The number of hydrogen-bond donors (Lipinski definition) is 0. The van der Waals surface area contributed by atoms with Crippen LogP contribution in [0.4, 0.5) is 4.79 Å². The average Bonchev–Trinajstić information content (AvgIpc) is 2.64. The smallest absolute Gasteiger partial charge is 0.410 e. The van der Waals surface area contributed by atoms with Crippen molar-refractivity contribution in [3.05, 3.63) is 22.5 Å². The number of ether oxygens (including phenoxy) is 1. The molecule has 5 nitrogen and oxygen atoms in total. The number of allylic oxidation sites excluding steroid dienone is 3. The van der Waals surface area contributed by atoms with Crippen molar-refractivity contribution in [2.24, 2.45) is 4.99 Å². The molecule has 0 saturated carbocycles. The molecule has 6 heteroatoms. The molecule has 0 N–H and O–H groups in total. The Morgan fingerprint density at radius 1 is 1.00 bits per heavy atom. The zero-order valence-corrected chi connectivity index (χ0v) is 20.4. The molecular formula is C23H40ClN3O2. The van der Waals surface area contributed by atoms with E-state index in [4.69, 9.17) is 16.3 Å². The van der Waals surface area contributed by atoms with Crippen LogP contribution < -0.4 is 0 Å². The maximum absolute atomic E-state index is 12.4. The van der Waals surface area contributed by atoms with E-state index in [1.54, 1.807) is 0 Å². The van der Waals surface area contributed by atoms with Crippen LogP contribution in [0.1, 0.15) is 81.1 Å². The molecule has 1 rings (SSSR count). The van der Waals surface area contributed by atoms with E-state index in [0.29, 0.717) is 18.3 Å². The van der Waals surface area contributed by atoms with Crippen molar-refractivity contribution >= 4 is 22.9 Å². The zero-order valence-electron chi connectivity index (χ0n) is 19.7. The summed E-state index contributed by atoms with van der Waals surface area (Å²) in [5.41, 5.74) is 4.53. The van der Waals surface area contributed by atoms with Gasteiger partial charge in [0.15, 0.2) is 0 Å². The predicted octanol–water partition coefficient (Wildman–Crippen LogP) is 6.34. The zero-order chi connectivity index (χ0) is 22.2. The van der Waals surface area contributed by atoms with E-state index >= 15 is 0 Å². The van der Waals surface area contributed by atoms with Crippen LogP contribution in [0.2, 0.25) is 0 Å². The standard InChI is InChI=1S/C23H40ClN3O2/c1-9-12-19(20(11-3)25-18(5)24)21(17(4)10-2)26-13-15-27(16-14-26)22(28)29-23(6,7)8/h9-16H2,1-8H3/b20-19-,21-17+,25-18?. The van der Waals surface area contributed by atoms with E-state index in [1.165, 1.54) is 16.8 Å². The van der Waals surface area contributed by atoms with Crippen molar-refractivity contribution in [3.8, 4) is 0 Å². The van der Waals surface area contributed by atoms with Crippen molar-refractivity contribution in [2.75, 3.05) is 26.2 Å². The van der Waals surface area contributed by atoms with Gasteiger partial charge < -0.3 is 14.5 Å². The number of amides is 1. The second-order valence-electron chi connectivity index (χ2n) is 8.57. The normalized spacial score (nSPS) is 17.8. The van der Waals surface area contributed by atoms with Crippen molar-refractivity contribution in [2.45, 2.75) is 86.7 Å². The van der Waals surface area contributed by atoms with Gasteiger partial charge in [-0.15, -0.1) is 0 Å². The Kier molecular flexibility index (Phi) is 10.2. The van der Waals surface area contributed by atoms with Gasteiger partial charge in [0.2, 0.25) is 0 Å². The Morgan fingerprint density at radius 2 is 1.55 bits per heavy atom. The topological polar surface area (TPSA) is 45.1 Å². The summed E-state index contributed by atoms with van der Waals surface area (Å²) >= 11 is 6.13. The largest absolute Gasteiger partial charge is 0.444 e. The number of hydrogen-bond acceptors (Lipinski definition) is 4. The SMILES string of the molecule is CCCC(=C(\CC)N=C(C)Cl)/C(=C(/C)CC)N1CCN(C(=O)OC(C)(C)C)CC1. The molecule has 1 aliphatic rings. The predicted molar refractivity (Wildman–Crippen MR) is 124 cm³/mol. The number of piperazine rings is 1. The summed E-state index contributed by atoms with van der Waals surface area (Å²) in [6, 6.07) is 0. The first-order chi connectivity index (χ1) is 13.5. The van der Waals surface area contributed by atoms with E-state index in [2.05, 4.69) is 37.6 Å². The molecule has 1 fully saturated rings. The molecule has 1 amide bonds. The van der Waals surface area contributed by atoms with E-state index in [-0.39, 0.29) is 6.09 Å². The summed E-state index contributed by atoms with van der Waals surface area (Å²) < 4.78 is 5.54. The van der Waals surface area contributed by atoms with Gasteiger partial charge in [-0.2, -0.15) is 0 Å². The Bertz CT molecular complexity index is 648. The van der Waals surface area contributed by atoms with E-state index in [0.717, 1.165) is 44.5 Å². The first-order valence-electron chi connectivity index (χ1n) is 10.9. The van der Waals surface area contributed by atoms with Crippen LogP contribution in [0.3, 0.4) is 0 Å².